The minimum absolute atomic E-state index is 0.133. The van der Waals surface area contributed by atoms with E-state index >= 15 is 0 Å². The molecule has 0 radical (unpaired) electrons. The van der Waals surface area contributed by atoms with Gasteiger partial charge in [-0.25, -0.2) is 0 Å². The Morgan fingerprint density at radius 2 is 1.41 bits per heavy atom. The summed E-state index contributed by atoms with van der Waals surface area (Å²) in [4.78, 5) is 13.9. The van der Waals surface area contributed by atoms with Crippen LogP contribution in [0.5, 0.6) is 28.7 Å². The molecule has 16 nitrogen and oxygen atoms in total. The molecule has 0 saturated carbocycles. The first kappa shape index (κ1) is 31.7. The van der Waals surface area contributed by atoms with E-state index in [0.29, 0.717) is 0 Å². The van der Waals surface area contributed by atoms with Gasteiger partial charge in [-0.05, 0) is 31.2 Å². The third-order valence-corrected chi connectivity index (χ3v) is 7.49. The van der Waals surface area contributed by atoms with Crippen molar-refractivity contribution in [1.82, 2.24) is 0 Å². The number of aliphatic hydroxyl groups is 7. The van der Waals surface area contributed by atoms with Crippen LogP contribution >= 0.6 is 0 Å². The molecule has 0 bridgehead atoms. The molecule has 2 aliphatic heterocycles. The van der Waals surface area contributed by atoms with Gasteiger partial charge < -0.3 is 74.1 Å². The summed E-state index contributed by atoms with van der Waals surface area (Å²) >= 11 is 0. The van der Waals surface area contributed by atoms with Crippen LogP contribution in [0.4, 0.5) is 0 Å². The summed E-state index contributed by atoms with van der Waals surface area (Å²) in [5, 5.41) is 91.3. The Bertz CT molecular complexity index is 1540. The molecule has 1 aromatic heterocycles. The minimum atomic E-state index is -1.90. The van der Waals surface area contributed by atoms with Gasteiger partial charge in [-0.1, -0.05) is 0 Å². The lowest BCUT2D eigenvalue weighted by molar-refractivity contribution is -0.277. The number of phenols is 2. The van der Waals surface area contributed by atoms with E-state index in [1.165, 1.54) is 38.3 Å². The lowest BCUT2D eigenvalue weighted by atomic mass is 9.99. The maximum atomic E-state index is 13.9. The van der Waals surface area contributed by atoms with Crippen LogP contribution in [0.3, 0.4) is 0 Å². The molecule has 3 aromatic rings. The largest absolute Gasteiger partial charge is 0.508 e. The summed E-state index contributed by atoms with van der Waals surface area (Å²) in [6, 6.07) is 6.20. The van der Waals surface area contributed by atoms with E-state index in [0.717, 1.165) is 6.07 Å². The highest BCUT2D eigenvalue weighted by Crippen LogP contribution is 2.45. The van der Waals surface area contributed by atoms with Gasteiger partial charge >= 0.3 is 0 Å². The Morgan fingerprint density at radius 3 is 2.02 bits per heavy atom. The average Bonchev–Trinajstić information content (AvgIpc) is 3.00. The molecule has 10 atom stereocenters. The first-order chi connectivity index (χ1) is 20.9. The summed E-state index contributed by atoms with van der Waals surface area (Å²) in [6.45, 7) is 0.669. The number of hydrogen-bond acceptors (Lipinski definition) is 16. The highest BCUT2D eigenvalue weighted by molar-refractivity contribution is 5.93. The number of rotatable bonds is 7. The summed E-state index contributed by atoms with van der Waals surface area (Å²) < 4.78 is 33.7. The predicted molar refractivity (Wildman–Crippen MR) is 145 cm³/mol. The smallest absolute Gasteiger partial charge is 0.239 e. The standard InChI is InChI=1S/C28H32O16/c1-9-16(32)19(35)21(37)27(40-9)41-13-7-12(31)15-18(34)26(44-28-22(38)20(36)17(33)14(8-29)42-28)23(43-25(15)24(13)39-2)10-3-5-11(30)6-4-10/h3-7,9,14,16-17,19-22,27-33,35-38H,8H2,1-2H3/t9-,14-,16+,17+,19+,20-,21-,22-,27+,28+/m1/s1. The highest BCUT2D eigenvalue weighted by atomic mass is 16.7. The quantitative estimate of drug-likeness (QED) is 0.141. The van der Waals surface area contributed by atoms with E-state index in [4.69, 9.17) is 28.1 Å². The van der Waals surface area contributed by atoms with E-state index in [1.54, 1.807) is 0 Å². The molecule has 2 fully saturated rings. The predicted octanol–water partition coefficient (Wildman–Crippen LogP) is -1.74. The molecule has 2 aliphatic rings. The van der Waals surface area contributed by atoms with Crippen LogP contribution in [-0.4, -0.2) is 121 Å². The van der Waals surface area contributed by atoms with Crippen molar-refractivity contribution in [3.63, 3.8) is 0 Å². The lowest BCUT2D eigenvalue weighted by Crippen LogP contribution is -2.60. The van der Waals surface area contributed by atoms with Crippen molar-refractivity contribution in [2.75, 3.05) is 13.7 Å². The van der Waals surface area contributed by atoms with Crippen molar-refractivity contribution < 1.29 is 74.1 Å². The van der Waals surface area contributed by atoms with E-state index < -0.39 is 90.3 Å². The summed E-state index contributed by atoms with van der Waals surface area (Å²) in [7, 11) is 1.19. The third kappa shape index (κ3) is 5.51. The third-order valence-electron chi connectivity index (χ3n) is 7.49. The van der Waals surface area contributed by atoms with Crippen LogP contribution in [0.2, 0.25) is 0 Å². The van der Waals surface area contributed by atoms with Crippen LogP contribution in [0.25, 0.3) is 22.3 Å². The second-order valence-corrected chi connectivity index (χ2v) is 10.4. The van der Waals surface area contributed by atoms with Gasteiger partial charge in [-0.15, -0.1) is 0 Å². The first-order valence-corrected chi connectivity index (χ1v) is 13.4. The Morgan fingerprint density at radius 1 is 0.795 bits per heavy atom. The average molecular weight is 625 g/mol. The molecular weight excluding hydrogens is 592 g/mol. The number of ether oxygens (including phenoxy) is 5. The Balaban J connectivity index is 1.66. The molecular formula is C28H32O16. The monoisotopic (exact) mass is 624 g/mol. The Kier molecular flexibility index (Phi) is 8.90. The van der Waals surface area contributed by atoms with Crippen molar-refractivity contribution >= 4 is 11.0 Å². The number of methoxy groups -OCH3 is 1. The normalized spacial score (nSPS) is 32.4. The molecule has 0 spiro atoms. The van der Waals surface area contributed by atoms with E-state index in [1.807, 2.05) is 0 Å². The highest BCUT2D eigenvalue weighted by Gasteiger charge is 2.46. The second-order valence-electron chi connectivity index (χ2n) is 10.4. The van der Waals surface area contributed by atoms with Gasteiger partial charge in [0, 0.05) is 11.6 Å². The van der Waals surface area contributed by atoms with Crippen molar-refractivity contribution in [1.29, 1.82) is 0 Å². The van der Waals surface area contributed by atoms with Crippen molar-refractivity contribution in [2.24, 2.45) is 0 Å². The van der Waals surface area contributed by atoms with Crippen LogP contribution < -0.4 is 19.6 Å². The molecule has 0 amide bonds. The zero-order valence-electron chi connectivity index (χ0n) is 23.3. The van der Waals surface area contributed by atoms with Crippen LogP contribution in [0.15, 0.2) is 39.5 Å². The van der Waals surface area contributed by atoms with Crippen LogP contribution in [0.1, 0.15) is 6.92 Å². The topological polar surface area (TPSA) is 258 Å². The van der Waals surface area contributed by atoms with Crippen molar-refractivity contribution in [3.8, 4) is 40.1 Å². The zero-order chi connectivity index (χ0) is 32.0. The van der Waals surface area contributed by atoms with Gasteiger partial charge in [0.2, 0.25) is 29.5 Å². The molecule has 44 heavy (non-hydrogen) atoms. The Hall–Kier alpha value is -3.71. The second kappa shape index (κ2) is 12.4. The number of benzene rings is 2. The molecule has 0 unspecified atom stereocenters. The van der Waals surface area contributed by atoms with Crippen molar-refractivity contribution in [2.45, 2.75) is 68.3 Å². The summed E-state index contributed by atoms with van der Waals surface area (Å²) in [6.07, 6.45) is -15.9. The lowest BCUT2D eigenvalue weighted by Gasteiger charge is -2.39. The van der Waals surface area contributed by atoms with Gasteiger partial charge in [-0.2, -0.15) is 0 Å². The van der Waals surface area contributed by atoms with Crippen LogP contribution in [-0.2, 0) is 9.47 Å². The number of aliphatic hydroxyl groups excluding tert-OH is 7. The maximum absolute atomic E-state index is 13.9. The fourth-order valence-electron chi connectivity index (χ4n) is 4.99. The molecule has 16 heteroatoms. The number of phenolic OH excluding ortho intramolecular Hbond substituents is 2. The maximum Gasteiger partial charge on any atom is 0.239 e. The van der Waals surface area contributed by atoms with Gasteiger partial charge in [0.25, 0.3) is 0 Å². The zero-order valence-corrected chi connectivity index (χ0v) is 23.3. The van der Waals surface area contributed by atoms with E-state index in [2.05, 4.69) is 0 Å². The fraction of sp³-hybridized carbons (Fsp3) is 0.464. The molecule has 240 valence electrons. The van der Waals surface area contributed by atoms with E-state index in [-0.39, 0.29) is 34.2 Å². The van der Waals surface area contributed by atoms with Crippen molar-refractivity contribution in [3.05, 3.63) is 40.6 Å². The van der Waals surface area contributed by atoms with Gasteiger partial charge in [-0.3, -0.25) is 4.79 Å². The van der Waals surface area contributed by atoms with Gasteiger partial charge in [0.05, 0.1) is 19.8 Å². The van der Waals surface area contributed by atoms with Gasteiger partial charge in [0.15, 0.2) is 17.1 Å². The summed E-state index contributed by atoms with van der Waals surface area (Å²) in [5.74, 6) is -2.37. The SMILES string of the molecule is COc1c(O[C@@H]2O[C@H](C)[C@H](O)[C@H](O)[C@H]2O)cc(O)c2c(=O)c(O[C@@H]3O[C@H](CO)[C@H](O)[C@@H](O)[C@H]3O)c(-c3ccc(O)cc3)oc12. The van der Waals surface area contributed by atoms with Gasteiger partial charge in [0.1, 0.15) is 59.6 Å². The summed E-state index contributed by atoms with van der Waals surface area (Å²) in [5.41, 5.74) is -1.25. The molecule has 2 aromatic carbocycles. The van der Waals surface area contributed by atoms with E-state index in [9.17, 15) is 50.8 Å². The Labute approximate surface area is 248 Å². The minimum Gasteiger partial charge on any atom is -0.508 e. The van der Waals surface area contributed by atoms with Crippen LogP contribution in [0, 0.1) is 0 Å². The molecule has 3 heterocycles. The fourth-order valence-corrected chi connectivity index (χ4v) is 4.99. The number of aromatic hydroxyl groups is 2. The molecule has 0 aliphatic carbocycles. The molecule has 2 saturated heterocycles. The molecule has 5 rings (SSSR count). The number of fused-ring (bicyclic) bond motifs is 1. The first-order valence-electron chi connectivity index (χ1n) is 13.4. The number of hydrogen-bond donors (Lipinski definition) is 9. The molecule has 9 N–H and O–H groups in total.